The predicted molar refractivity (Wildman–Crippen MR) is 107 cm³/mol. The van der Waals surface area contributed by atoms with Gasteiger partial charge in [0.2, 0.25) is 0 Å². The highest BCUT2D eigenvalue weighted by atomic mass is 19.1. The summed E-state index contributed by atoms with van der Waals surface area (Å²) >= 11 is 0. The molecule has 0 aliphatic carbocycles. The van der Waals surface area contributed by atoms with Crippen LogP contribution in [0.25, 0.3) is 0 Å². The number of aryl methyl sites for hydroxylation is 2. The largest absolute Gasteiger partial charge is 0.487 e. The van der Waals surface area contributed by atoms with Gasteiger partial charge in [-0.05, 0) is 54.0 Å². The first kappa shape index (κ1) is 18.8. The van der Waals surface area contributed by atoms with Gasteiger partial charge in [-0.15, -0.1) is 0 Å². The predicted octanol–water partition coefficient (Wildman–Crippen LogP) is 5.77. The Bertz CT molecular complexity index is 741. The van der Waals surface area contributed by atoms with E-state index >= 15 is 0 Å². The molecule has 0 radical (unpaired) electrons. The molecule has 0 amide bonds. The molecule has 0 unspecified atom stereocenters. The molecule has 1 aliphatic rings. The van der Waals surface area contributed by atoms with Crippen LogP contribution >= 0.6 is 0 Å². The minimum atomic E-state index is -0.121. The minimum Gasteiger partial charge on any atom is -0.487 e. The Kier molecular flexibility index (Phi) is 6.18. The summed E-state index contributed by atoms with van der Waals surface area (Å²) in [5, 5.41) is 0. The SMILES string of the molecule is CCCc1ccc(COc2cccc3c2N(CC(C)C)CCC3)cc1F. The summed E-state index contributed by atoms with van der Waals surface area (Å²) in [5.41, 5.74) is 4.26. The zero-order valence-corrected chi connectivity index (χ0v) is 16.2. The molecule has 0 saturated heterocycles. The van der Waals surface area contributed by atoms with Gasteiger partial charge in [-0.1, -0.05) is 51.5 Å². The van der Waals surface area contributed by atoms with Crippen molar-refractivity contribution >= 4 is 5.69 Å². The number of halogens is 1. The molecule has 3 heteroatoms. The van der Waals surface area contributed by atoms with Crippen molar-refractivity contribution in [1.29, 1.82) is 0 Å². The van der Waals surface area contributed by atoms with E-state index in [-0.39, 0.29) is 5.82 Å². The molecule has 0 saturated carbocycles. The average Bonchev–Trinajstić information content (AvgIpc) is 2.62. The lowest BCUT2D eigenvalue weighted by molar-refractivity contribution is 0.304. The van der Waals surface area contributed by atoms with E-state index in [2.05, 4.69) is 37.8 Å². The molecular formula is C23H30FNO. The van der Waals surface area contributed by atoms with Crippen molar-refractivity contribution in [3.8, 4) is 5.75 Å². The van der Waals surface area contributed by atoms with Crippen LogP contribution in [0.15, 0.2) is 36.4 Å². The minimum absolute atomic E-state index is 0.121. The van der Waals surface area contributed by atoms with Gasteiger partial charge in [0.05, 0.1) is 5.69 Å². The molecule has 26 heavy (non-hydrogen) atoms. The summed E-state index contributed by atoms with van der Waals surface area (Å²) in [6, 6.07) is 11.8. The lowest BCUT2D eigenvalue weighted by Gasteiger charge is -2.34. The van der Waals surface area contributed by atoms with Crippen molar-refractivity contribution in [2.75, 3.05) is 18.0 Å². The lowest BCUT2D eigenvalue weighted by atomic mass is 10.00. The molecule has 0 N–H and O–H groups in total. The van der Waals surface area contributed by atoms with E-state index in [1.807, 2.05) is 18.2 Å². The van der Waals surface area contributed by atoms with Crippen molar-refractivity contribution < 1.29 is 9.13 Å². The summed E-state index contributed by atoms with van der Waals surface area (Å²) in [7, 11) is 0. The molecule has 0 bridgehead atoms. The second-order valence-electron chi connectivity index (χ2n) is 7.67. The Morgan fingerprint density at radius 2 is 2.04 bits per heavy atom. The summed E-state index contributed by atoms with van der Waals surface area (Å²) in [6.45, 7) is 9.07. The number of anilines is 1. The normalized spacial score (nSPS) is 13.8. The number of rotatable bonds is 7. The maximum Gasteiger partial charge on any atom is 0.143 e. The Morgan fingerprint density at radius 3 is 2.77 bits per heavy atom. The van der Waals surface area contributed by atoms with Crippen molar-refractivity contribution in [3.05, 3.63) is 58.9 Å². The molecule has 2 nitrogen and oxygen atoms in total. The van der Waals surface area contributed by atoms with Gasteiger partial charge in [-0.25, -0.2) is 4.39 Å². The molecule has 1 heterocycles. The average molecular weight is 355 g/mol. The van der Waals surface area contributed by atoms with Crippen LogP contribution < -0.4 is 9.64 Å². The molecule has 0 spiro atoms. The Hall–Kier alpha value is -2.03. The molecule has 3 rings (SSSR count). The standard InChI is InChI=1S/C23H30FNO/c1-4-7-19-12-11-18(14-21(19)24)16-26-22-10-5-8-20-9-6-13-25(23(20)22)15-17(2)3/h5,8,10-12,14,17H,4,6-7,9,13,15-16H2,1-3H3. The fourth-order valence-corrected chi connectivity index (χ4v) is 3.75. The quantitative estimate of drug-likeness (QED) is 0.625. The molecular weight excluding hydrogens is 325 g/mol. The number of benzene rings is 2. The van der Waals surface area contributed by atoms with Gasteiger partial charge in [-0.2, -0.15) is 0 Å². The number of nitrogens with zero attached hydrogens (tertiary/aromatic N) is 1. The smallest absolute Gasteiger partial charge is 0.143 e. The van der Waals surface area contributed by atoms with Crippen LogP contribution in [-0.2, 0) is 19.4 Å². The van der Waals surface area contributed by atoms with Gasteiger partial charge in [0.25, 0.3) is 0 Å². The lowest BCUT2D eigenvalue weighted by Crippen LogP contribution is -2.33. The second kappa shape index (κ2) is 8.57. The van der Waals surface area contributed by atoms with Gasteiger partial charge in [0.15, 0.2) is 0 Å². The van der Waals surface area contributed by atoms with Crippen LogP contribution in [0.3, 0.4) is 0 Å². The first-order chi connectivity index (χ1) is 12.6. The van der Waals surface area contributed by atoms with E-state index in [0.29, 0.717) is 12.5 Å². The van der Waals surface area contributed by atoms with Crippen molar-refractivity contribution in [3.63, 3.8) is 0 Å². The summed E-state index contributed by atoms with van der Waals surface area (Å²) in [5.74, 6) is 1.40. The van der Waals surface area contributed by atoms with E-state index in [9.17, 15) is 4.39 Å². The first-order valence-corrected chi connectivity index (χ1v) is 9.85. The van der Waals surface area contributed by atoms with Gasteiger partial charge in [0, 0.05) is 13.1 Å². The number of fused-ring (bicyclic) bond motifs is 1. The summed E-state index contributed by atoms with van der Waals surface area (Å²) < 4.78 is 20.3. The molecule has 0 aromatic heterocycles. The number of hydrogen-bond donors (Lipinski definition) is 0. The van der Waals surface area contributed by atoms with Gasteiger partial charge < -0.3 is 9.64 Å². The first-order valence-electron chi connectivity index (χ1n) is 9.85. The molecule has 140 valence electrons. The molecule has 0 fully saturated rings. The third-order valence-corrected chi connectivity index (χ3v) is 4.89. The van der Waals surface area contributed by atoms with Gasteiger partial charge >= 0.3 is 0 Å². The second-order valence-corrected chi connectivity index (χ2v) is 7.67. The molecule has 1 aliphatic heterocycles. The topological polar surface area (TPSA) is 12.5 Å². The fraction of sp³-hybridized carbons (Fsp3) is 0.478. The van der Waals surface area contributed by atoms with Gasteiger partial charge in [-0.3, -0.25) is 0 Å². The highest BCUT2D eigenvalue weighted by molar-refractivity contribution is 5.65. The van der Waals surface area contributed by atoms with E-state index in [1.165, 1.54) is 17.7 Å². The molecule has 2 aromatic rings. The Balaban J connectivity index is 1.77. The van der Waals surface area contributed by atoms with Crippen molar-refractivity contribution in [1.82, 2.24) is 0 Å². The van der Waals surface area contributed by atoms with E-state index in [1.54, 1.807) is 6.07 Å². The highest BCUT2D eigenvalue weighted by Gasteiger charge is 2.21. The van der Waals surface area contributed by atoms with Crippen molar-refractivity contribution in [2.24, 2.45) is 5.92 Å². The van der Waals surface area contributed by atoms with E-state index < -0.39 is 0 Å². The molecule has 0 atom stereocenters. The molecule has 2 aromatic carbocycles. The maximum atomic E-state index is 14.2. The number of para-hydroxylation sites is 1. The maximum absolute atomic E-state index is 14.2. The van der Waals surface area contributed by atoms with E-state index in [0.717, 1.165) is 49.2 Å². The Morgan fingerprint density at radius 1 is 1.19 bits per heavy atom. The van der Waals surface area contributed by atoms with Crippen LogP contribution in [0.1, 0.15) is 50.3 Å². The third kappa shape index (κ3) is 4.38. The van der Waals surface area contributed by atoms with Crippen LogP contribution in [0.2, 0.25) is 0 Å². The third-order valence-electron chi connectivity index (χ3n) is 4.89. The fourth-order valence-electron chi connectivity index (χ4n) is 3.75. The number of ether oxygens (including phenoxy) is 1. The summed E-state index contributed by atoms with van der Waals surface area (Å²) in [4.78, 5) is 2.45. The van der Waals surface area contributed by atoms with Crippen LogP contribution in [0.5, 0.6) is 5.75 Å². The number of hydrogen-bond acceptors (Lipinski definition) is 2. The van der Waals surface area contributed by atoms with Crippen LogP contribution in [0.4, 0.5) is 10.1 Å². The zero-order chi connectivity index (χ0) is 18.5. The van der Waals surface area contributed by atoms with Crippen LogP contribution in [-0.4, -0.2) is 13.1 Å². The summed E-state index contributed by atoms with van der Waals surface area (Å²) in [6.07, 6.45) is 4.02. The monoisotopic (exact) mass is 355 g/mol. The van der Waals surface area contributed by atoms with Crippen molar-refractivity contribution in [2.45, 2.75) is 53.1 Å². The zero-order valence-electron chi connectivity index (χ0n) is 16.2. The van der Waals surface area contributed by atoms with Crippen LogP contribution in [0, 0.1) is 11.7 Å². The van der Waals surface area contributed by atoms with E-state index in [4.69, 9.17) is 4.74 Å². The highest BCUT2D eigenvalue weighted by Crippen LogP contribution is 2.37. The van der Waals surface area contributed by atoms with Gasteiger partial charge in [0.1, 0.15) is 18.2 Å². The Labute approximate surface area is 157 Å².